The van der Waals surface area contributed by atoms with Crippen molar-refractivity contribution >= 4 is 15.7 Å². The number of nitrogens with one attached hydrogen (secondary N) is 1. The van der Waals surface area contributed by atoms with Gasteiger partial charge in [0.05, 0.1) is 16.8 Å². The third-order valence-corrected chi connectivity index (χ3v) is 5.61. The Bertz CT molecular complexity index is 571. The van der Waals surface area contributed by atoms with Crippen LogP contribution in [0.3, 0.4) is 0 Å². The third-order valence-electron chi connectivity index (χ3n) is 3.88. The zero-order valence-corrected chi connectivity index (χ0v) is 12.7. The molecule has 0 saturated heterocycles. The second-order valence-corrected chi connectivity index (χ2v) is 7.55. The van der Waals surface area contributed by atoms with Gasteiger partial charge in [-0.2, -0.15) is 0 Å². The molecule has 2 unspecified atom stereocenters. The molecule has 0 heterocycles. The number of carbonyl (C=O) groups excluding carboxylic acids is 1. The van der Waals surface area contributed by atoms with E-state index in [0.717, 1.165) is 19.3 Å². The van der Waals surface area contributed by atoms with Gasteiger partial charge in [0, 0.05) is 18.9 Å². The topological polar surface area (TPSA) is 83.5 Å². The Balaban J connectivity index is 1.78. The van der Waals surface area contributed by atoms with E-state index in [9.17, 15) is 18.3 Å². The van der Waals surface area contributed by atoms with E-state index >= 15 is 0 Å². The van der Waals surface area contributed by atoms with Crippen LogP contribution in [0, 0.1) is 5.92 Å². The first-order valence-electron chi connectivity index (χ1n) is 7.21. The molecule has 116 valence electrons. The first kappa shape index (κ1) is 16.0. The van der Waals surface area contributed by atoms with Crippen LogP contribution in [0.25, 0.3) is 0 Å². The number of hydrogen-bond donors (Lipinski definition) is 2. The molecule has 1 aliphatic carbocycles. The number of hydrogen-bond acceptors (Lipinski definition) is 4. The highest BCUT2D eigenvalue weighted by molar-refractivity contribution is 7.91. The van der Waals surface area contributed by atoms with Crippen molar-refractivity contribution in [2.75, 3.05) is 12.3 Å². The second-order valence-electron chi connectivity index (χ2n) is 5.44. The summed E-state index contributed by atoms with van der Waals surface area (Å²) in [5.41, 5.74) is 0. The van der Waals surface area contributed by atoms with Crippen molar-refractivity contribution < 1.29 is 18.3 Å². The summed E-state index contributed by atoms with van der Waals surface area (Å²) in [6.07, 6.45) is 2.26. The Morgan fingerprint density at radius 1 is 1.24 bits per heavy atom. The van der Waals surface area contributed by atoms with Crippen LogP contribution in [0.4, 0.5) is 0 Å². The van der Waals surface area contributed by atoms with Crippen LogP contribution in [0.1, 0.15) is 25.7 Å². The number of carbonyl (C=O) groups is 1. The first-order chi connectivity index (χ1) is 9.99. The molecular formula is C15H21NO4S. The average Bonchev–Trinajstić information content (AvgIpc) is 2.89. The van der Waals surface area contributed by atoms with Crippen molar-refractivity contribution in [3.63, 3.8) is 0 Å². The normalized spacial score (nSPS) is 22.1. The molecule has 2 N–H and O–H groups in total. The quantitative estimate of drug-likeness (QED) is 0.825. The van der Waals surface area contributed by atoms with E-state index in [1.807, 2.05) is 0 Å². The molecule has 21 heavy (non-hydrogen) atoms. The molecule has 1 saturated carbocycles. The molecule has 0 aliphatic heterocycles. The minimum atomic E-state index is -3.41. The van der Waals surface area contributed by atoms with Gasteiger partial charge in [0.25, 0.3) is 0 Å². The van der Waals surface area contributed by atoms with E-state index in [1.165, 1.54) is 12.1 Å². The first-order valence-corrected chi connectivity index (χ1v) is 8.87. The Hall–Kier alpha value is -1.40. The van der Waals surface area contributed by atoms with Crippen LogP contribution in [0.5, 0.6) is 0 Å². The molecular weight excluding hydrogens is 290 g/mol. The summed E-state index contributed by atoms with van der Waals surface area (Å²) in [7, 11) is -3.41. The van der Waals surface area contributed by atoms with Crippen LogP contribution in [-0.2, 0) is 14.6 Å². The lowest BCUT2D eigenvalue weighted by atomic mass is 10.1. The van der Waals surface area contributed by atoms with Crippen molar-refractivity contribution in [1.29, 1.82) is 0 Å². The summed E-state index contributed by atoms with van der Waals surface area (Å²) >= 11 is 0. The minimum absolute atomic E-state index is 0.0555. The van der Waals surface area contributed by atoms with E-state index in [4.69, 9.17) is 0 Å². The molecule has 0 bridgehead atoms. The summed E-state index contributed by atoms with van der Waals surface area (Å²) in [5.74, 6) is -0.385. The number of benzene rings is 1. The van der Waals surface area contributed by atoms with E-state index in [2.05, 4.69) is 5.32 Å². The zero-order chi connectivity index (χ0) is 15.3. The van der Waals surface area contributed by atoms with Gasteiger partial charge >= 0.3 is 0 Å². The van der Waals surface area contributed by atoms with Crippen molar-refractivity contribution in [3.05, 3.63) is 30.3 Å². The van der Waals surface area contributed by atoms with Gasteiger partial charge in [-0.05, 0) is 25.0 Å². The number of rotatable bonds is 6. The van der Waals surface area contributed by atoms with Crippen molar-refractivity contribution in [3.8, 4) is 0 Å². The number of aliphatic hydroxyl groups is 1. The largest absolute Gasteiger partial charge is 0.393 e. The molecule has 1 aromatic rings. The fraction of sp³-hybridized carbons (Fsp3) is 0.533. The molecule has 0 aromatic heterocycles. The van der Waals surface area contributed by atoms with Gasteiger partial charge in [-0.25, -0.2) is 8.42 Å². The lowest BCUT2D eigenvalue weighted by molar-refractivity contribution is -0.121. The monoisotopic (exact) mass is 311 g/mol. The van der Waals surface area contributed by atoms with E-state index in [1.54, 1.807) is 18.2 Å². The van der Waals surface area contributed by atoms with Gasteiger partial charge in [0.2, 0.25) is 5.91 Å². The lowest BCUT2D eigenvalue weighted by Gasteiger charge is -2.15. The van der Waals surface area contributed by atoms with Gasteiger partial charge in [-0.1, -0.05) is 24.6 Å². The van der Waals surface area contributed by atoms with E-state index < -0.39 is 9.84 Å². The standard InChI is InChI=1S/C15H21NO4S/c17-14-8-4-5-12(14)11-16-15(18)9-10-21(19,20)13-6-2-1-3-7-13/h1-3,6-7,12,14,17H,4-5,8-11H2,(H,16,18). The van der Waals surface area contributed by atoms with Gasteiger partial charge in [-0.3, -0.25) is 4.79 Å². The van der Waals surface area contributed by atoms with Crippen LogP contribution in [0.2, 0.25) is 0 Å². The summed E-state index contributed by atoms with van der Waals surface area (Å²) in [5, 5.41) is 12.4. The lowest BCUT2D eigenvalue weighted by Crippen LogP contribution is -2.33. The summed E-state index contributed by atoms with van der Waals surface area (Å²) in [6.45, 7) is 0.422. The number of aliphatic hydroxyl groups excluding tert-OH is 1. The van der Waals surface area contributed by atoms with Crippen LogP contribution in [-0.4, -0.2) is 37.8 Å². The molecule has 0 radical (unpaired) electrons. The molecule has 6 heteroatoms. The molecule has 0 spiro atoms. The third kappa shape index (κ3) is 4.54. The van der Waals surface area contributed by atoms with Gasteiger partial charge < -0.3 is 10.4 Å². The maximum Gasteiger partial charge on any atom is 0.221 e. The smallest absolute Gasteiger partial charge is 0.221 e. The predicted molar refractivity (Wildman–Crippen MR) is 79.5 cm³/mol. The highest BCUT2D eigenvalue weighted by Crippen LogP contribution is 2.24. The Kier molecular flexibility index (Phi) is 5.36. The van der Waals surface area contributed by atoms with Gasteiger partial charge in [0.1, 0.15) is 0 Å². The van der Waals surface area contributed by atoms with E-state index in [0.29, 0.717) is 6.54 Å². The minimum Gasteiger partial charge on any atom is -0.393 e. The highest BCUT2D eigenvalue weighted by Gasteiger charge is 2.25. The maximum absolute atomic E-state index is 12.0. The van der Waals surface area contributed by atoms with Crippen molar-refractivity contribution in [2.24, 2.45) is 5.92 Å². The van der Waals surface area contributed by atoms with E-state index in [-0.39, 0.29) is 35.0 Å². The maximum atomic E-state index is 12.0. The summed E-state index contributed by atoms with van der Waals surface area (Å²) in [4.78, 5) is 12.0. The molecule has 1 aliphatic rings. The van der Waals surface area contributed by atoms with Crippen molar-refractivity contribution in [2.45, 2.75) is 36.7 Å². The number of amides is 1. The predicted octanol–water partition coefficient (Wildman–Crippen LogP) is 1.13. The Morgan fingerprint density at radius 2 is 1.95 bits per heavy atom. The fourth-order valence-electron chi connectivity index (χ4n) is 2.56. The molecule has 1 fully saturated rings. The van der Waals surface area contributed by atoms with Gasteiger partial charge in [0.15, 0.2) is 9.84 Å². The fourth-order valence-corrected chi connectivity index (χ4v) is 3.82. The zero-order valence-electron chi connectivity index (χ0n) is 11.9. The van der Waals surface area contributed by atoms with Crippen LogP contribution < -0.4 is 5.32 Å². The van der Waals surface area contributed by atoms with Gasteiger partial charge in [-0.15, -0.1) is 0 Å². The van der Waals surface area contributed by atoms with Crippen LogP contribution in [0.15, 0.2) is 35.2 Å². The summed E-state index contributed by atoms with van der Waals surface area (Å²) < 4.78 is 24.1. The van der Waals surface area contributed by atoms with Crippen LogP contribution >= 0.6 is 0 Å². The average molecular weight is 311 g/mol. The Labute approximate surface area is 125 Å². The SMILES string of the molecule is O=C(CCS(=O)(=O)c1ccccc1)NCC1CCCC1O. The molecule has 2 atom stereocenters. The molecule has 5 nitrogen and oxygen atoms in total. The second kappa shape index (κ2) is 7.04. The highest BCUT2D eigenvalue weighted by atomic mass is 32.2. The summed E-state index contributed by atoms with van der Waals surface area (Å²) in [6, 6.07) is 8.13. The molecule has 1 aromatic carbocycles. The Morgan fingerprint density at radius 3 is 2.57 bits per heavy atom. The molecule has 2 rings (SSSR count). The molecule has 1 amide bonds. The van der Waals surface area contributed by atoms with Crippen molar-refractivity contribution in [1.82, 2.24) is 5.32 Å². The number of sulfone groups is 1.